The lowest BCUT2D eigenvalue weighted by Gasteiger charge is -2.18. The molecule has 0 radical (unpaired) electrons. The first-order chi connectivity index (χ1) is 11.1. The van der Waals surface area contributed by atoms with E-state index in [9.17, 15) is 9.90 Å². The number of carboxylic acid groups (broad SMARTS) is 1. The molecule has 2 heterocycles. The Morgan fingerprint density at radius 3 is 2.87 bits per heavy atom. The predicted molar refractivity (Wildman–Crippen MR) is 89.0 cm³/mol. The van der Waals surface area contributed by atoms with Crippen LogP contribution >= 0.6 is 11.3 Å². The van der Waals surface area contributed by atoms with Crippen molar-refractivity contribution in [3.8, 4) is 5.75 Å². The molecule has 5 nitrogen and oxygen atoms in total. The summed E-state index contributed by atoms with van der Waals surface area (Å²) in [7, 11) is 1.63. The average Bonchev–Trinajstić information content (AvgIpc) is 3.14. The number of hydrogen-bond donors (Lipinski definition) is 1. The molecule has 1 fully saturated rings. The molecule has 1 aromatic carbocycles. The Labute approximate surface area is 139 Å². The van der Waals surface area contributed by atoms with Crippen molar-refractivity contribution in [2.24, 2.45) is 5.92 Å². The van der Waals surface area contributed by atoms with Gasteiger partial charge in [-0.3, -0.25) is 9.69 Å². The molecular weight excluding hydrogens is 312 g/mol. The van der Waals surface area contributed by atoms with E-state index in [2.05, 4.69) is 9.88 Å². The van der Waals surface area contributed by atoms with Gasteiger partial charge in [0.15, 0.2) is 0 Å². The number of aryl methyl sites for hydroxylation is 1. The van der Waals surface area contributed by atoms with E-state index in [1.165, 1.54) is 4.88 Å². The lowest BCUT2D eigenvalue weighted by Crippen LogP contribution is -2.23. The number of hydrogen-bond acceptors (Lipinski definition) is 5. The molecule has 1 N–H and O–H groups in total. The van der Waals surface area contributed by atoms with E-state index in [0.29, 0.717) is 13.1 Å². The number of ether oxygens (including phenoxy) is 1. The highest BCUT2D eigenvalue weighted by atomic mass is 32.1. The van der Waals surface area contributed by atoms with Crippen LogP contribution in [0.4, 0.5) is 0 Å². The molecule has 0 aliphatic carbocycles. The number of likely N-dealkylation sites (tertiary alicyclic amines) is 1. The molecule has 1 saturated heterocycles. The van der Waals surface area contributed by atoms with Crippen LogP contribution in [0.25, 0.3) is 0 Å². The fraction of sp³-hybridized carbons (Fsp3) is 0.412. The number of carbonyl (C=O) groups is 1. The summed E-state index contributed by atoms with van der Waals surface area (Å²) >= 11 is 1.63. The molecule has 1 aromatic heterocycles. The zero-order valence-electron chi connectivity index (χ0n) is 13.2. The van der Waals surface area contributed by atoms with Crippen molar-refractivity contribution in [1.29, 1.82) is 0 Å². The minimum atomic E-state index is -0.746. The molecule has 122 valence electrons. The maximum absolute atomic E-state index is 11.7. The van der Waals surface area contributed by atoms with E-state index in [1.54, 1.807) is 18.4 Å². The second-order valence-corrected chi connectivity index (χ2v) is 6.79. The Morgan fingerprint density at radius 1 is 1.43 bits per heavy atom. The minimum Gasteiger partial charge on any atom is -0.496 e. The fourth-order valence-corrected chi connectivity index (χ4v) is 4.05. The highest BCUT2D eigenvalue weighted by Gasteiger charge is 2.39. The molecule has 0 amide bonds. The summed E-state index contributed by atoms with van der Waals surface area (Å²) in [5, 5.41) is 9.63. The molecular formula is C17H20N2O3S. The Hall–Kier alpha value is -1.92. The van der Waals surface area contributed by atoms with Gasteiger partial charge in [-0.2, -0.15) is 0 Å². The summed E-state index contributed by atoms with van der Waals surface area (Å²) in [6.07, 6.45) is 0. The van der Waals surface area contributed by atoms with Crippen molar-refractivity contribution < 1.29 is 14.6 Å². The maximum Gasteiger partial charge on any atom is 0.308 e. The van der Waals surface area contributed by atoms with Gasteiger partial charge >= 0.3 is 5.97 Å². The van der Waals surface area contributed by atoms with E-state index in [0.717, 1.165) is 23.6 Å². The molecule has 0 bridgehead atoms. The molecule has 6 heteroatoms. The first kappa shape index (κ1) is 16.0. The summed E-state index contributed by atoms with van der Waals surface area (Å²) in [6.45, 7) is 4.02. The number of nitrogens with zero attached hydrogens (tertiary/aromatic N) is 2. The number of thiazole rings is 1. The van der Waals surface area contributed by atoms with Crippen LogP contribution in [0.3, 0.4) is 0 Å². The minimum absolute atomic E-state index is 0.0584. The van der Waals surface area contributed by atoms with Gasteiger partial charge in [0, 0.05) is 30.4 Å². The van der Waals surface area contributed by atoms with Gasteiger partial charge in [-0.15, -0.1) is 11.3 Å². The van der Waals surface area contributed by atoms with Crippen LogP contribution in [0, 0.1) is 12.8 Å². The number of rotatable bonds is 5. The Kier molecular flexibility index (Phi) is 4.63. The van der Waals surface area contributed by atoms with Crippen molar-refractivity contribution in [1.82, 2.24) is 9.88 Å². The molecule has 1 aliphatic rings. The first-order valence-electron chi connectivity index (χ1n) is 7.57. The van der Waals surface area contributed by atoms with Gasteiger partial charge in [-0.25, -0.2) is 4.98 Å². The number of para-hydroxylation sites is 1. The van der Waals surface area contributed by atoms with Gasteiger partial charge in [0.2, 0.25) is 0 Å². The average molecular weight is 332 g/mol. The highest BCUT2D eigenvalue weighted by molar-refractivity contribution is 7.09. The van der Waals surface area contributed by atoms with Gasteiger partial charge in [0.25, 0.3) is 0 Å². The largest absolute Gasteiger partial charge is 0.496 e. The molecule has 0 unspecified atom stereocenters. The lowest BCUT2D eigenvalue weighted by atomic mass is 9.88. The highest BCUT2D eigenvalue weighted by Crippen LogP contribution is 2.38. The maximum atomic E-state index is 11.7. The Morgan fingerprint density at radius 2 is 2.22 bits per heavy atom. The third-order valence-corrected chi connectivity index (χ3v) is 5.38. The normalized spacial score (nSPS) is 21.5. The van der Waals surface area contributed by atoms with Crippen LogP contribution in [0.1, 0.15) is 22.1 Å². The van der Waals surface area contributed by atoms with E-state index in [-0.39, 0.29) is 5.92 Å². The first-order valence-corrected chi connectivity index (χ1v) is 8.45. The monoisotopic (exact) mass is 332 g/mol. The third-order valence-electron chi connectivity index (χ3n) is 4.46. The van der Waals surface area contributed by atoms with Crippen molar-refractivity contribution in [3.05, 3.63) is 45.9 Å². The molecule has 0 spiro atoms. The van der Waals surface area contributed by atoms with Crippen molar-refractivity contribution in [2.75, 3.05) is 20.2 Å². The van der Waals surface area contributed by atoms with E-state index < -0.39 is 11.9 Å². The van der Waals surface area contributed by atoms with Crippen LogP contribution < -0.4 is 4.74 Å². The zero-order valence-corrected chi connectivity index (χ0v) is 14.0. The number of carboxylic acids is 1. The van der Waals surface area contributed by atoms with Gasteiger partial charge < -0.3 is 9.84 Å². The molecule has 0 saturated carbocycles. The second kappa shape index (κ2) is 6.68. The lowest BCUT2D eigenvalue weighted by molar-refractivity contribution is -0.141. The molecule has 3 rings (SSSR count). The Balaban J connectivity index is 1.84. The van der Waals surface area contributed by atoms with Gasteiger partial charge in [0.05, 0.1) is 24.2 Å². The van der Waals surface area contributed by atoms with Gasteiger partial charge in [-0.1, -0.05) is 18.2 Å². The predicted octanol–water partition coefficient (Wildman–Crippen LogP) is 2.76. The van der Waals surface area contributed by atoms with Crippen LogP contribution in [-0.2, 0) is 11.3 Å². The molecule has 1 aliphatic heterocycles. The van der Waals surface area contributed by atoms with E-state index in [4.69, 9.17) is 4.74 Å². The Bertz CT molecular complexity index is 701. The SMILES string of the molecule is COc1ccccc1[C@@H]1CN(Cc2scnc2C)C[C@H]1C(=O)O. The van der Waals surface area contributed by atoms with Crippen LogP contribution in [-0.4, -0.2) is 41.2 Å². The second-order valence-electron chi connectivity index (χ2n) is 5.85. The quantitative estimate of drug-likeness (QED) is 0.912. The topological polar surface area (TPSA) is 62.7 Å². The molecule has 23 heavy (non-hydrogen) atoms. The van der Waals surface area contributed by atoms with Crippen molar-refractivity contribution in [2.45, 2.75) is 19.4 Å². The summed E-state index contributed by atoms with van der Waals surface area (Å²) in [5.74, 6) is -0.458. The summed E-state index contributed by atoms with van der Waals surface area (Å²) in [5.41, 5.74) is 3.85. The smallest absolute Gasteiger partial charge is 0.308 e. The fourth-order valence-electron chi connectivity index (χ4n) is 3.23. The number of aromatic nitrogens is 1. The van der Waals surface area contributed by atoms with Gasteiger partial charge in [0.1, 0.15) is 5.75 Å². The third kappa shape index (κ3) is 3.23. The van der Waals surface area contributed by atoms with Crippen LogP contribution in [0.5, 0.6) is 5.75 Å². The van der Waals surface area contributed by atoms with Gasteiger partial charge in [-0.05, 0) is 18.6 Å². The number of aliphatic carboxylic acids is 1. The summed E-state index contributed by atoms with van der Waals surface area (Å²) in [4.78, 5) is 19.4. The number of benzene rings is 1. The van der Waals surface area contributed by atoms with Crippen LogP contribution in [0.15, 0.2) is 29.8 Å². The van der Waals surface area contributed by atoms with E-state index in [1.807, 2.05) is 36.7 Å². The van der Waals surface area contributed by atoms with Crippen LogP contribution in [0.2, 0.25) is 0 Å². The molecule has 2 aromatic rings. The number of methoxy groups -OCH3 is 1. The van der Waals surface area contributed by atoms with Crippen molar-refractivity contribution in [3.63, 3.8) is 0 Å². The summed E-state index contributed by atoms with van der Waals surface area (Å²) in [6, 6.07) is 7.71. The van der Waals surface area contributed by atoms with Crippen molar-refractivity contribution >= 4 is 17.3 Å². The van der Waals surface area contributed by atoms with E-state index >= 15 is 0 Å². The standard InChI is InChI=1S/C17H20N2O3S/c1-11-16(23-10-18-11)9-19-7-13(14(8-19)17(20)21)12-5-3-4-6-15(12)22-2/h3-6,10,13-14H,7-9H2,1-2H3,(H,20,21)/t13-,14+/m0/s1. The summed E-state index contributed by atoms with van der Waals surface area (Å²) < 4.78 is 5.43. The molecule has 2 atom stereocenters. The zero-order chi connectivity index (χ0) is 16.4.